The van der Waals surface area contributed by atoms with Gasteiger partial charge in [-0.15, -0.1) is 0 Å². The first-order chi connectivity index (χ1) is 8.54. The van der Waals surface area contributed by atoms with Gasteiger partial charge in [-0.2, -0.15) is 0 Å². The van der Waals surface area contributed by atoms with Crippen LogP contribution >= 0.6 is 0 Å². The summed E-state index contributed by atoms with van der Waals surface area (Å²) in [5.74, 6) is 0. The third-order valence-electron chi connectivity index (χ3n) is 2.66. The highest BCUT2D eigenvalue weighted by Crippen LogP contribution is 2.01. The maximum Gasteiger partial charge on any atom is 0.331 e. The lowest BCUT2D eigenvalue weighted by Gasteiger charge is -2.08. The van der Waals surface area contributed by atoms with E-state index < -0.39 is 11.2 Å². The summed E-state index contributed by atoms with van der Waals surface area (Å²) in [4.78, 5) is 23.8. The van der Waals surface area contributed by atoms with E-state index in [1.54, 1.807) is 13.8 Å². The minimum Gasteiger partial charge on any atom is -0.393 e. The van der Waals surface area contributed by atoms with Gasteiger partial charge in [-0.05, 0) is 13.8 Å². The molecule has 0 radical (unpaired) electrons. The highest BCUT2D eigenvalue weighted by atomic mass is 16.6. The Labute approximate surface area is 102 Å². The number of hydrogen-bond donors (Lipinski definition) is 1. The van der Waals surface area contributed by atoms with Crippen molar-refractivity contribution in [1.82, 2.24) is 19.4 Å². The molecule has 0 bridgehead atoms. The third-order valence-corrected chi connectivity index (χ3v) is 2.66. The van der Waals surface area contributed by atoms with Crippen molar-refractivity contribution in [3.63, 3.8) is 0 Å². The van der Waals surface area contributed by atoms with Gasteiger partial charge >= 0.3 is 5.69 Å². The number of nitrogen functional groups attached to an aromatic ring is 1. The average molecular weight is 251 g/mol. The van der Waals surface area contributed by atoms with Crippen LogP contribution in [0.25, 0.3) is 0 Å². The van der Waals surface area contributed by atoms with E-state index >= 15 is 0 Å². The highest BCUT2D eigenvalue weighted by Gasteiger charge is 2.13. The van der Waals surface area contributed by atoms with Gasteiger partial charge in [0.25, 0.3) is 5.56 Å². The van der Waals surface area contributed by atoms with Crippen LogP contribution < -0.4 is 17.0 Å². The Morgan fingerprint density at radius 3 is 2.67 bits per heavy atom. The molecule has 0 aromatic carbocycles. The van der Waals surface area contributed by atoms with Gasteiger partial charge in [0.05, 0.1) is 6.54 Å². The van der Waals surface area contributed by atoms with Gasteiger partial charge in [-0.1, -0.05) is 10.3 Å². The molecular formula is C10H13N5O3. The predicted molar refractivity (Wildman–Crippen MR) is 63.2 cm³/mol. The summed E-state index contributed by atoms with van der Waals surface area (Å²) >= 11 is 0. The van der Waals surface area contributed by atoms with E-state index in [1.807, 2.05) is 0 Å². The normalized spacial score (nSPS) is 10.8. The third kappa shape index (κ3) is 1.92. The molecule has 2 N–H and O–H groups in total. The topological polar surface area (TPSA) is 109 Å². The molecule has 8 heteroatoms. The molecule has 0 aliphatic heterocycles. The van der Waals surface area contributed by atoms with Gasteiger partial charge in [0.15, 0.2) is 0 Å². The maximum atomic E-state index is 12.0. The molecule has 0 unspecified atom stereocenters. The zero-order chi connectivity index (χ0) is 13.3. The molecule has 0 spiro atoms. The summed E-state index contributed by atoms with van der Waals surface area (Å²) in [5.41, 5.74) is 5.60. The second-order valence-corrected chi connectivity index (χ2v) is 3.84. The predicted octanol–water partition coefficient (Wildman–Crippen LogP) is -0.648. The molecule has 2 aromatic rings. The van der Waals surface area contributed by atoms with Crippen LogP contribution in [0.5, 0.6) is 0 Å². The quantitative estimate of drug-likeness (QED) is 0.776. The van der Waals surface area contributed by atoms with Crippen molar-refractivity contribution >= 4 is 5.69 Å². The minimum atomic E-state index is -0.535. The summed E-state index contributed by atoms with van der Waals surface area (Å²) < 4.78 is 6.91. The molecule has 0 aliphatic rings. The van der Waals surface area contributed by atoms with Crippen LogP contribution in [0.1, 0.15) is 18.3 Å². The first kappa shape index (κ1) is 12.1. The molecule has 0 amide bonds. The van der Waals surface area contributed by atoms with Gasteiger partial charge in [-0.25, -0.2) is 9.42 Å². The minimum absolute atomic E-state index is 0.00194. The highest BCUT2D eigenvalue weighted by molar-refractivity contribution is 5.31. The van der Waals surface area contributed by atoms with Crippen LogP contribution in [0, 0.1) is 6.92 Å². The molecule has 2 rings (SSSR count). The Bertz CT molecular complexity index is 682. The molecule has 0 atom stereocenters. The lowest BCUT2D eigenvalue weighted by Crippen LogP contribution is -2.40. The largest absolute Gasteiger partial charge is 0.393 e. The van der Waals surface area contributed by atoms with E-state index in [-0.39, 0.29) is 12.2 Å². The molecular weight excluding hydrogens is 238 g/mol. The summed E-state index contributed by atoms with van der Waals surface area (Å²) in [6.07, 6.45) is 1.34. The number of anilines is 1. The Kier molecular flexibility index (Phi) is 3.00. The fourth-order valence-electron chi connectivity index (χ4n) is 1.58. The SMILES string of the molecule is CCn1cc(N)c(=O)n(Cc2nonc2C)c1=O. The standard InChI is InChI=1S/C10H13N5O3/c1-3-14-4-7(11)9(16)15(10(14)17)5-8-6(2)12-18-13-8/h4H,3,5,11H2,1-2H3. The molecule has 96 valence electrons. The van der Waals surface area contributed by atoms with E-state index in [9.17, 15) is 9.59 Å². The lowest BCUT2D eigenvalue weighted by molar-refractivity contribution is 0.300. The molecule has 0 aliphatic carbocycles. The number of aryl methyl sites for hydroxylation is 2. The summed E-state index contributed by atoms with van der Waals surface area (Å²) in [6.45, 7) is 3.90. The fraction of sp³-hybridized carbons (Fsp3) is 0.400. The van der Waals surface area contributed by atoms with Gasteiger partial charge in [0.2, 0.25) is 0 Å². The number of nitrogens with zero attached hydrogens (tertiary/aromatic N) is 4. The van der Waals surface area contributed by atoms with Crippen LogP contribution in [0.2, 0.25) is 0 Å². The van der Waals surface area contributed by atoms with Gasteiger partial charge in [0, 0.05) is 12.7 Å². The molecule has 18 heavy (non-hydrogen) atoms. The number of rotatable bonds is 3. The van der Waals surface area contributed by atoms with Crippen LogP contribution in [-0.2, 0) is 13.1 Å². The van der Waals surface area contributed by atoms with Crippen molar-refractivity contribution in [3.8, 4) is 0 Å². The van der Waals surface area contributed by atoms with Crippen molar-refractivity contribution in [2.24, 2.45) is 0 Å². The van der Waals surface area contributed by atoms with E-state index in [0.29, 0.717) is 17.9 Å². The van der Waals surface area contributed by atoms with E-state index in [0.717, 1.165) is 4.57 Å². The first-order valence-corrected chi connectivity index (χ1v) is 5.42. The lowest BCUT2D eigenvalue weighted by atomic mass is 10.3. The summed E-state index contributed by atoms with van der Waals surface area (Å²) in [6, 6.07) is 0. The van der Waals surface area contributed by atoms with Gasteiger partial charge in [-0.3, -0.25) is 13.9 Å². The monoisotopic (exact) mass is 251 g/mol. The average Bonchev–Trinajstić information content (AvgIpc) is 2.75. The number of hydrogen-bond acceptors (Lipinski definition) is 6. The summed E-state index contributed by atoms with van der Waals surface area (Å²) in [5, 5.41) is 7.24. The van der Waals surface area contributed by atoms with E-state index in [4.69, 9.17) is 5.73 Å². The zero-order valence-corrected chi connectivity index (χ0v) is 10.1. The Morgan fingerprint density at radius 1 is 1.39 bits per heavy atom. The van der Waals surface area contributed by atoms with Crippen LogP contribution in [0.3, 0.4) is 0 Å². The van der Waals surface area contributed by atoms with Crippen molar-refractivity contribution < 1.29 is 4.63 Å². The van der Waals surface area contributed by atoms with Crippen molar-refractivity contribution in [2.45, 2.75) is 26.9 Å². The Morgan fingerprint density at radius 2 is 2.11 bits per heavy atom. The van der Waals surface area contributed by atoms with Crippen LogP contribution in [0.15, 0.2) is 20.4 Å². The number of nitrogens with two attached hydrogens (primary N) is 1. The zero-order valence-electron chi connectivity index (χ0n) is 10.1. The maximum absolute atomic E-state index is 12.0. The van der Waals surface area contributed by atoms with Gasteiger partial charge < -0.3 is 5.73 Å². The summed E-state index contributed by atoms with van der Waals surface area (Å²) in [7, 11) is 0. The fourth-order valence-corrected chi connectivity index (χ4v) is 1.58. The molecule has 0 fully saturated rings. The van der Waals surface area contributed by atoms with Crippen molar-refractivity contribution in [3.05, 3.63) is 38.4 Å². The number of aromatic nitrogens is 4. The first-order valence-electron chi connectivity index (χ1n) is 5.42. The van der Waals surface area contributed by atoms with Crippen molar-refractivity contribution in [2.75, 3.05) is 5.73 Å². The van der Waals surface area contributed by atoms with E-state index in [1.165, 1.54) is 10.8 Å². The van der Waals surface area contributed by atoms with E-state index in [2.05, 4.69) is 14.9 Å². The molecule has 8 nitrogen and oxygen atoms in total. The Balaban J connectivity index is 2.57. The molecule has 0 saturated heterocycles. The second kappa shape index (κ2) is 4.47. The Hall–Kier alpha value is -2.38. The van der Waals surface area contributed by atoms with Crippen LogP contribution in [-0.4, -0.2) is 19.4 Å². The van der Waals surface area contributed by atoms with Gasteiger partial charge in [0.1, 0.15) is 17.1 Å². The second-order valence-electron chi connectivity index (χ2n) is 3.84. The molecule has 0 saturated carbocycles. The molecule has 2 aromatic heterocycles. The van der Waals surface area contributed by atoms with Crippen molar-refractivity contribution in [1.29, 1.82) is 0 Å². The van der Waals surface area contributed by atoms with Crippen LogP contribution in [0.4, 0.5) is 5.69 Å². The smallest absolute Gasteiger partial charge is 0.331 e. The molecule has 2 heterocycles.